The summed E-state index contributed by atoms with van der Waals surface area (Å²) in [6, 6.07) is 9.09. The second kappa shape index (κ2) is 12.2. The molecular formula is C29H31N3O6S. The molecule has 2 aromatic heterocycles. The molecule has 39 heavy (non-hydrogen) atoms. The lowest BCUT2D eigenvalue weighted by Gasteiger charge is -2.22. The van der Waals surface area contributed by atoms with Crippen LogP contribution >= 0.6 is 11.3 Å². The van der Waals surface area contributed by atoms with Crippen molar-refractivity contribution >= 4 is 39.9 Å². The Morgan fingerprint density at radius 2 is 1.92 bits per heavy atom. The number of rotatable bonds is 10. The fourth-order valence-electron chi connectivity index (χ4n) is 4.06. The summed E-state index contributed by atoms with van der Waals surface area (Å²) in [4.78, 5) is 49.5. The van der Waals surface area contributed by atoms with Gasteiger partial charge in [-0.1, -0.05) is 44.6 Å². The lowest BCUT2D eigenvalue weighted by molar-refractivity contribution is -0.132. The van der Waals surface area contributed by atoms with Crippen LogP contribution in [0.2, 0.25) is 0 Å². The lowest BCUT2D eigenvalue weighted by atomic mass is 9.96. The maximum Gasteiger partial charge on any atom is 0.350 e. The van der Waals surface area contributed by atoms with Crippen molar-refractivity contribution in [3.05, 3.63) is 76.1 Å². The molecule has 3 heterocycles. The maximum absolute atomic E-state index is 13.4. The van der Waals surface area contributed by atoms with Crippen LogP contribution in [-0.4, -0.2) is 45.9 Å². The van der Waals surface area contributed by atoms with Crippen molar-refractivity contribution in [2.45, 2.75) is 46.6 Å². The number of aliphatic hydroxyl groups excluding tert-OH is 1. The number of hydrogen-bond donors (Lipinski definition) is 1. The number of carbonyl (C=O) groups is 3. The van der Waals surface area contributed by atoms with Crippen molar-refractivity contribution < 1.29 is 29.0 Å². The minimum absolute atomic E-state index is 0.0931. The molecule has 0 aliphatic carbocycles. The van der Waals surface area contributed by atoms with Crippen LogP contribution in [0, 0.1) is 12.8 Å². The normalized spacial score (nSPS) is 16.6. The molecule has 1 fully saturated rings. The first-order chi connectivity index (χ1) is 18.7. The Hall–Kier alpha value is -4.05. The summed E-state index contributed by atoms with van der Waals surface area (Å²) in [5.74, 6) is -1.79. The first kappa shape index (κ1) is 28.0. The number of carbonyl (C=O) groups excluding carboxylic acids is 3. The fraction of sp³-hybridized carbons (Fsp3) is 0.345. The highest BCUT2D eigenvalue weighted by molar-refractivity contribution is 7.17. The van der Waals surface area contributed by atoms with Crippen molar-refractivity contribution in [3.63, 3.8) is 0 Å². The number of hydrogen-bond acceptors (Lipinski definition) is 9. The largest absolute Gasteiger partial charge is 0.507 e. The van der Waals surface area contributed by atoms with Gasteiger partial charge in [0.05, 0.1) is 30.5 Å². The van der Waals surface area contributed by atoms with E-state index in [9.17, 15) is 19.5 Å². The molecule has 1 atom stereocenters. The van der Waals surface area contributed by atoms with Gasteiger partial charge in [-0.15, -0.1) is 0 Å². The number of esters is 1. The van der Waals surface area contributed by atoms with Gasteiger partial charge in [0, 0.05) is 18.0 Å². The second-order valence-electron chi connectivity index (χ2n) is 9.59. The van der Waals surface area contributed by atoms with Crippen LogP contribution in [0.25, 0.3) is 5.76 Å². The predicted octanol–water partition coefficient (Wildman–Crippen LogP) is 5.46. The summed E-state index contributed by atoms with van der Waals surface area (Å²) in [5, 5.41) is 11.5. The van der Waals surface area contributed by atoms with E-state index >= 15 is 0 Å². The summed E-state index contributed by atoms with van der Waals surface area (Å²) < 4.78 is 11.0. The number of ether oxygens (including phenoxy) is 2. The second-order valence-corrected chi connectivity index (χ2v) is 10.6. The summed E-state index contributed by atoms with van der Waals surface area (Å²) in [5.41, 5.74) is 1.16. The highest BCUT2D eigenvalue weighted by Crippen LogP contribution is 2.43. The predicted molar refractivity (Wildman–Crippen MR) is 148 cm³/mol. The fourth-order valence-corrected chi connectivity index (χ4v) is 5.05. The van der Waals surface area contributed by atoms with Crippen LogP contribution in [0.3, 0.4) is 0 Å². The van der Waals surface area contributed by atoms with Gasteiger partial charge >= 0.3 is 11.9 Å². The van der Waals surface area contributed by atoms with E-state index < -0.39 is 23.7 Å². The van der Waals surface area contributed by atoms with Crippen LogP contribution in [-0.2, 0) is 14.3 Å². The number of pyridine rings is 1. The quantitative estimate of drug-likeness (QED) is 0.116. The number of ketones is 1. The zero-order valence-corrected chi connectivity index (χ0v) is 23.2. The van der Waals surface area contributed by atoms with Crippen molar-refractivity contribution in [2.75, 3.05) is 18.1 Å². The average Bonchev–Trinajstić information content (AvgIpc) is 3.44. The number of benzene rings is 1. The van der Waals surface area contributed by atoms with Crippen molar-refractivity contribution in [3.8, 4) is 5.75 Å². The van der Waals surface area contributed by atoms with Crippen molar-refractivity contribution in [1.29, 1.82) is 0 Å². The van der Waals surface area contributed by atoms with Gasteiger partial charge in [-0.2, -0.15) is 0 Å². The third-order valence-corrected chi connectivity index (χ3v) is 7.20. The maximum atomic E-state index is 13.4. The number of thiazole rings is 1. The molecule has 1 saturated heterocycles. The summed E-state index contributed by atoms with van der Waals surface area (Å²) in [6.07, 6.45) is 5.03. The number of aromatic nitrogens is 2. The van der Waals surface area contributed by atoms with Crippen LogP contribution in [0.4, 0.5) is 5.13 Å². The monoisotopic (exact) mass is 549 g/mol. The molecule has 0 radical (unpaired) electrons. The zero-order valence-electron chi connectivity index (χ0n) is 22.3. The molecule has 0 bridgehead atoms. The van der Waals surface area contributed by atoms with Gasteiger partial charge in [-0.25, -0.2) is 9.78 Å². The molecule has 204 valence electrons. The molecular weight excluding hydrogens is 518 g/mol. The molecule has 1 N–H and O–H groups in total. The van der Waals surface area contributed by atoms with Crippen LogP contribution < -0.4 is 9.64 Å². The SMILES string of the molecule is CCCCOc1ccc(C(O)=C2C(=O)C(=O)N(c3nc(C)c(C(=O)OCC(C)C)s3)[C@H]2c2cccnc2)cc1. The molecule has 0 saturated carbocycles. The van der Waals surface area contributed by atoms with E-state index in [2.05, 4.69) is 16.9 Å². The number of nitrogens with zero attached hydrogens (tertiary/aromatic N) is 3. The first-order valence-corrected chi connectivity index (χ1v) is 13.6. The summed E-state index contributed by atoms with van der Waals surface area (Å²) >= 11 is 0.968. The molecule has 1 aliphatic rings. The number of Topliss-reactive ketones (excluding diaryl/α,β-unsaturated/α-hetero) is 1. The van der Waals surface area contributed by atoms with Gasteiger partial charge in [0.25, 0.3) is 5.78 Å². The Balaban J connectivity index is 1.75. The number of anilines is 1. The van der Waals surface area contributed by atoms with Crippen molar-refractivity contribution in [1.82, 2.24) is 9.97 Å². The average molecular weight is 550 g/mol. The smallest absolute Gasteiger partial charge is 0.350 e. The summed E-state index contributed by atoms with van der Waals surface area (Å²) in [7, 11) is 0. The van der Waals surface area contributed by atoms with E-state index in [-0.39, 0.29) is 33.9 Å². The molecule has 1 amide bonds. The van der Waals surface area contributed by atoms with Gasteiger partial charge in [0.1, 0.15) is 16.4 Å². The molecule has 0 unspecified atom stereocenters. The molecule has 3 aromatic rings. The van der Waals surface area contributed by atoms with Gasteiger partial charge in [0.15, 0.2) is 5.13 Å². The Labute approximate surface area is 231 Å². The Bertz CT molecular complexity index is 1380. The van der Waals surface area contributed by atoms with Crippen LogP contribution in [0.5, 0.6) is 5.75 Å². The van der Waals surface area contributed by atoms with Gasteiger partial charge in [0.2, 0.25) is 0 Å². The van der Waals surface area contributed by atoms with E-state index in [0.29, 0.717) is 29.2 Å². The van der Waals surface area contributed by atoms with E-state index in [4.69, 9.17) is 9.47 Å². The van der Waals surface area contributed by atoms with E-state index in [1.54, 1.807) is 49.5 Å². The highest BCUT2D eigenvalue weighted by atomic mass is 32.1. The van der Waals surface area contributed by atoms with Gasteiger partial charge in [-0.05, 0) is 55.2 Å². The Kier molecular flexibility index (Phi) is 8.75. The van der Waals surface area contributed by atoms with Gasteiger partial charge in [-0.3, -0.25) is 19.5 Å². The van der Waals surface area contributed by atoms with Gasteiger partial charge < -0.3 is 14.6 Å². The van der Waals surface area contributed by atoms with E-state index in [1.165, 1.54) is 11.1 Å². The molecule has 1 aliphatic heterocycles. The number of aliphatic hydroxyl groups is 1. The minimum atomic E-state index is -0.996. The third-order valence-electron chi connectivity index (χ3n) is 6.06. The van der Waals surface area contributed by atoms with Crippen molar-refractivity contribution in [2.24, 2.45) is 5.92 Å². The molecule has 9 nitrogen and oxygen atoms in total. The zero-order chi connectivity index (χ0) is 28.1. The molecule has 1 aromatic carbocycles. The number of amides is 1. The molecule has 4 rings (SSSR count). The standard InChI is InChI=1S/C29H31N3O6S/c1-5-6-14-37-21-11-9-19(10-12-21)24(33)22-23(20-8-7-13-30-15-20)32(27(35)25(22)34)29-31-18(4)26(39-29)28(36)38-16-17(2)3/h7-13,15,17,23,33H,5-6,14,16H2,1-4H3/t23-/m0/s1. The molecule has 0 spiro atoms. The van der Waals surface area contributed by atoms with Crippen LogP contribution in [0.15, 0.2) is 54.4 Å². The number of aryl methyl sites for hydroxylation is 1. The lowest BCUT2D eigenvalue weighted by Crippen LogP contribution is -2.29. The molecule has 10 heteroatoms. The van der Waals surface area contributed by atoms with Crippen LogP contribution in [0.1, 0.15) is 66.1 Å². The topological polar surface area (TPSA) is 119 Å². The van der Waals surface area contributed by atoms with E-state index in [0.717, 1.165) is 24.2 Å². The third kappa shape index (κ3) is 6.01. The number of unbranched alkanes of at least 4 members (excludes halogenated alkanes) is 1. The minimum Gasteiger partial charge on any atom is -0.507 e. The summed E-state index contributed by atoms with van der Waals surface area (Å²) in [6.45, 7) is 8.40. The first-order valence-electron chi connectivity index (χ1n) is 12.8. The van der Waals surface area contributed by atoms with E-state index in [1.807, 2.05) is 13.8 Å². The highest BCUT2D eigenvalue weighted by Gasteiger charge is 2.48. The Morgan fingerprint density at radius 1 is 1.18 bits per heavy atom. The Morgan fingerprint density at radius 3 is 2.56 bits per heavy atom.